The van der Waals surface area contributed by atoms with Gasteiger partial charge in [-0.3, -0.25) is 9.59 Å². The van der Waals surface area contributed by atoms with Gasteiger partial charge < -0.3 is 15.0 Å². The Hall–Kier alpha value is -1.92. The second kappa shape index (κ2) is 5.81. The van der Waals surface area contributed by atoms with Crippen LogP contribution in [0.25, 0.3) is 0 Å². The largest absolute Gasteiger partial charge is 0.481 e. The zero-order valence-corrected chi connectivity index (χ0v) is 11.7. The van der Waals surface area contributed by atoms with Crippen LogP contribution in [0.3, 0.4) is 0 Å². The number of rotatable bonds is 6. The lowest BCUT2D eigenvalue weighted by Gasteiger charge is -2.22. The minimum atomic E-state index is -0.904. The zero-order chi connectivity index (χ0) is 14.6. The molecule has 0 aromatic carbocycles. The number of hydrogen-bond donors (Lipinski definition) is 2. The molecule has 0 aliphatic rings. The Balaban J connectivity index is 2.56. The van der Waals surface area contributed by atoms with Gasteiger partial charge in [-0.2, -0.15) is 0 Å². The minimum Gasteiger partial charge on any atom is -0.481 e. The third-order valence-corrected chi connectivity index (χ3v) is 2.78. The van der Waals surface area contributed by atoms with Crippen molar-refractivity contribution in [2.45, 2.75) is 39.7 Å². The number of carbonyl (C=O) groups excluding carboxylic acids is 1. The Morgan fingerprint density at radius 3 is 2.58 bits per heavy atom. The molecule has 0 saturated heterocycles. The number of hydrogen-bond acceptors (Lipinski definition) is 4. The van der Waals surface area contributed by atoms with Crippen LogP contribution in [0.2, 0.25) is 0 Å². The van der Waals surface area contributed by atoms with Crippen molar-refractivity contribution in [2.24, 2.45) is 12.5 Å². The van der Waals surface area contributed by atoms with Crippen LogP contribution in [0.4, 0.5) is 0 Å². The second-order valence-corrected chi connectivity index (χ2v) is 5.50. The Morgan fingerprint density at radius 2 is 2.11 bits per heavy atom. The Labute approximate surface area is 112 Å². The number of nitrogens with one attached hydrogen (secondary N) is 1. The summed E-state index contributed by atoms with van der Waals surface area (Å²) in [6.07, 6.45) is 1.67. The number of aromatic nitrogens is 3. The topological polar surface area (TPSA) is 97.1 Å². The molecule has 0 saturated carbocycles. The van der Waals surface area contributed by atoms with Gasteiger partial charge in [-0.25, -0.2) is 0 Å². The summed E-state index contributed by atoms with van der Waals surface area (Å²) in [6.45, 7) is 5.33. The van der Waals surface area contributed by atoms with Crippen molar-refractivity contribution >= 4 is 11.9 Å². The first-order chi connectivity index (χ1) is 8.71. The van der Waals surface area contributed by atoms with Crippen molar-refractivity contribution in [3.05, 3.63) is 12.2 Å². The molecule has 7 heteroatoms. The Bertz CT molecular complexity index is 467. The predicted octanol–water partition coefficient (Wildman–Crippen LogP) is 0.883. The fraction of sp³-hybridized carbons (Fsp3) is 0.667. The molecule has 0 radical (unpaired) electrons. The van der Waals surface area contributed by atoms with Crippen LogP contribution in [0.5, 0.6) is 0 Å². The lowest BCUT2D eigenvalue weighted by atomic mass is 9.85. The molecule has 1 aromatic rings. The molecule has 2 N–H and O–H groups in total. The van der Waals surface area contributed by atoms with E-state index in [0.29, 0.717) is 5.82 Å². The van der Waals surface area contributed by atoms with E-state index in [9.17, 15) is 9.59 Å². The number of carbonyl (C=O) groups is 2. The summed E-state index contributed by atoms with van der Waals surface area (Å²) in [7, 11) is 1.80. The smallest absolute Gasteiger partial charge is 0.303 e. The minimum absolute atomic E-state index is 0.0429. The van der Waals surface area contributed by atoms with Gasteiger partial charge in [0, 0.05) is 13.5 Å². The molecule has 0 aliphatic carbocycles. The van der Waals surface area contributed by atoms with Crippen LogP contribution in [-0.4, -0.2) is 31.7 Å². The third-order valence-electron chi connectivity index (χ3n) is 2.78. The summed E-state index contributed by atoms with van der Waals surface area (Å²) >= 11 is 0. The van der Waals surface area contributed by atoms with E-state index in [2.05, 4.69) is 15.5 Å². The molecular formula is C12H20N4O3. The van der Waals surface area contributed by atoms with Gasteiger partial charge in [-0.1, -0.05) is 13.8 Å². The van der Waals surface area contributed by atoms with Gasteiger partial charge in [0.2, 0.25) is 5.91 Å². The Morgan fingerprint density at radius 1 is 1.47 bits per heavy atom. The fourth-order valence-electron chi connectivity index (χ4n) is 1.95. The van der Waals surface area contributed by atoms with E-state index in [1.165, 1.54) is 0 Å². The number of nitrogens with zero attached hydrogens (tertiary/aromatic N) is 3. The van der Waals surface area contributed by atoms with Gasteiger partial charge in [-0.05, 0) is 12.3 Å². The van der Waals surface area contributed by atoms with E-state index in [1.54, 1.807) is 31.8 Å². The van der Waals surface area contributed by atoms with Gasteiger partial charge in [-0.15, -0.1) is 10.2 Å². The van der Waals surface area contributed by atoms with Crippen molar-refractivity contribution < 1.29 is 14.7 Å². The highest BCUT2D eigenvalue weighted by molar-refractivity contribution is 5.78. The first kappa shape index (κ1) is 15.1. The van der Waals surface area contributed by atoms with Crippen molar-refractivity contribution in [3.8, 4) is 0 Å². The van der Waals surface area contributed by atoms with Crippen LogP contribution >= 0.6 is 0 Å². The number of aliphatic carboxylic acids is 1. The molecule has 1 heterocycles. The third kappa shape index (κ3) is 4.69. The quantitative estimate of drug-likeness (QED) is 0.798. The van der Waals surface area contributed by atoms with Gasteiger partial charge >= 0.3 is 5.97 Å². The summed E-state index contributed by atoms with van der Waals surface area (Å²) < 4.78 is 1.73. The molecule has 1 atom stereocenters. The highest BCUT2D eigenvalue weighted by Gasteiger charge is 2.26. The molecule has 1 unspecified atom stereocenters. The fourth-order valence-corrected chi connectivity index (χ4v) is 1.95. The number of aryl methyl sites for hydroxylation is 1. The van der Waals surface area contributed by atoms with Crippen molar-refractivity contribution in [1.29, 1.82) is 0 Å². The highest BCUT2D eigenvalue weighted by atomic mass is 16.4. The molecular weight excluding hydrogens is 248 g/mol. The molecule has 106 valence electrons. The van der Waals surface area contributed by atoms with Gasteiger partial charge in [0.25, 0.3) is 0 Å². The van der Waals surface area contributed by atoms with E-state index in [-0.39, 0.29) is 24.8 Å². The lowest BCUT2D eigenvalue weighted by Crippen LogP contribution is -2.32. The monoisotopic (exact) mass is 268 g/mol. The molecule has 0 aliphatic heterocycles. The summed E-state index contributed by atoms with van der Waals surface area (Å²) in [6, 6.07) is -0.263. The molecule has 0 spiro atoms. The second-order valence-electron chi connectivity index (χ2n) is 5.50. The molecule has 1 aromatic heterocycles. The van der Waals surface area contributed by atoms with E-state index >= 15 is 0 Å². The number of amides is 1. The SMILES string of the molecule is CC(NC(=O)CC(C)(C)CC(=O)O)c1nncn1C. The van der Waals surface area contributed by atoms with Crippen LogP contribution in [0.1, 0.15) is 45.5 Å². The van der Waals surface area contributed by atoms with Crippen LogP contribution in [0, 0.1) is 5.41 Å². The maximum atomic E-state index is 11.9. The summed E-state index contributed by atoms with van der Waals surface area (Å²) in [5.74, 6) is -0.440. The molecule has 0 fully saturated rings. The van der Waals surface area contributed by atoms with E-state index in [4.69, 9.17) is 5.11 Å². The molecule has 1 amide bonds. The van der Waals surface area contributed by atoms with E-state index in [0.717, 1.165) is 0 Å². The average molecular weight is 268 g/mol. The summed E-state index contributed by atoms with van der Waals surface area (Å²) in [5.41, 5.74) is -0.574. The molecule has 19 heavy (non-hydrogen) atoms. The lowest BCUT2D eigenvalue weighted by molar-refractivity contribution is -0.139. The van der Waals surface area contributed by atoms with E-state index < -0.39 is 11.4 Å². The van der Waals surface area contributed by atoms with Crippen LogP contribution in [0.15, 0.2) is 6.33 Å². The van der Waals surface area contributed by atoms with E-state index in [1.807, 2.05) is 6.92 Å². The van der Waals surface area contributed by atoms with Gasteiger partial charge in [0.05, 0.1) is 12.5 Å². The average Bonchev–Trinajstić information content (AvgIpc) is 2.60. The van der Waals surface area contributed by atoms with Crippen LogP contribution in [-0.2, 0) is 16.6 Å². The Kier molecular flexibility index (Phi) is 4.63. The van der Waals surface area contributed by atoms with Crippen molar-refractivity contribution in [1.82, 2.24) is 20.1 Å². The normalized spacial score (nSPS) is 13.1. The standard InChI is InChI=1S/C12H20N4O3/c1-8(11-15-13-7-16(11)4)14-9(17)5-12(2,3)6-10(18)19/h7-8H,5-6H2,1-4H3,(H,14,17)(H,18,19). The first-order valence-electron chi connectivity index (χ1n) is 6.06. The first-order valence-corrected chi connectivity index (χ1v) is 6.06. The highest BCUT2D eigenvalue weighted by Crippen LogP contribution is 2.25. The van der Waals surface area contributed by atoms with Crippen LogP contribution < -0.4 is 5.32 Å². The molecule has 7 nitrogen and oxygen atoms in total. The maximum Gasteiger partial charge on any atom is 0.303 e. The predicted molar refractivity (Wildman–Crippen MR) is 68.2 cm³/mol. The van der Waals surface area contributed by atoms with Crippen molar-refractivity contribution in [2.75, 3.05) is 0 Å². The summed E-state index contributed by atoms with van der Waals surface area (Å²) in [4.78, 5) is 22.6. The molecule has 0 bridgehead atoms. The maximum absolute atomic E-state index is 11.9. The van der Waals surface area contributed by atoms with Gasteiger partial charge in [0.15, 0.2) is 5.82 Å². The van der Waals surface area contributed by atoms with Gasteiger partial charge in [0.1, 0.15) is 6.33 Å². The molecule has 1 rings (SSSR count). The van der Waals surface area contributed by atoms with Crippen molar-refractivity contribution in [3.63, 3.8) is 0 Å². The zero-order valence-electron chi connectivity index (χ0n) is 11.7. The number of carboxylic acid groups (broad SMARTS) is 1. The number of carboxylic acids is 1. The summed E-state index contributed by atoms with van der Waals surface area (Å²) in [5, 5.41) is 19.2.